The first-order chi connectivity index (χ1) is 8.96. The normalized spacial score (nSPS) is 26.7. The Bertz CT molecular complexity index is 469. The summed E-state index contributed by atoms with van der Waals surface area (Å²) < 4.78 is 36.4. The average molecular weight is 290 g/mol. The number of nitrogens with one attached hydrogen (secondary N) is 1. The van der Waals surface area contributed by atoms with Crippen molar-refractivity contribution in [2.75, 3.05) is 13.6 Å². The predicted molar refractivity (Wildman–Crippen MR) is 69.3 cm³/mol. The average Bonchev–Trinajstić information content (AvgIpc) is 2.80. The zero-order chi connectivity index (χ0) is 13.6. The van der Waals surface area contributed by atoms with E-state index >= 15 is 0 Å². The van der Waals surface area contributed by atoms with Gasteiger partial charge in [-0.3, -0.25) is 4.90 Å². The minimum Gasteiger partial charge on any atom is -0.305 e. The summed E-state index contributed by atoms with van der Waals surface area (Å²) in [4.78, 5) is 3.80. The van der Waals surface area contributed by atoms with E-state index in [-0.39, 0.29) is 0 Å². The molecule has 0 amide bonds. The fourth-order valence-electron chi connectivity index (χ4n) is 3.24. The van der Waals surface area contributed by atoms with Crippen LogP contribution >= 0.6 is 11.3 Å². The second kappa shape index (κ2) is 4.75. The standard InChI is InChI=1S/C13H17F3N2S/c1-18-9-2-3-11(18)12-10(4-9)8(6-19-12)5-17-7-13(14,15)16/h6,9,11,17H,2-5,7H2,1H3. The number of hydrogen-bond acceptors (Lipinski definition) is 3. The lowest BCUT2D eigenvalue weighted by Gasteiger charge is -2.31. The van der Waals surface area contributed by atoms with Gasteiger partial charge >= 0.3 is 6.18 Å². The monoisotopic (exact) mass is 290 g/mol. The molecule has 2 unspecified atom stereocenters. The van der Waals surface area contributed by atoms with Crippen LogP contribution in [0.25, 0.3) is 0 Å². The predicted octanol–water partition coefficient (Wildman–Crippen LogP) is 3.09. The molecule has 1 aromatic rings. The highest BCUT2D eigenvalue weighted by Gasteiger charge is 2.39. The Labute approximate surface area is 114 Å². The van der Waals surface area contributed by atoms with Crippen molar-refractivity contribution in [3.05, 3.63) is 21.4 Å². The van der Waals surface area contributed by atoms with Crippen molar-refractivity contribution in [3.8, 4) is 0 Å². The molecule has 106 valence electrons. The third-order valence-corrected chi connectivity index (χ3v) is 5.41. The Morgan fingerprint density at radius 1 is 1.42 bits per heavy atom. The van der Waals surface area contributed by atoms with E-state index in [9.17, 15) is 13.2 Å². The number of thiophene rings is 1. The molecule has 2 aliphatic heterocycles. The van der Waals surface area contributed by atoms with Crippen LogP contribution in [0.3, 0.4) is 0 Å². The summed E-state index contributed by atoms with van der Waals surface area (Å²) >= 11 is 1.71. The highest BCUT2D eigenvalue weighted by molar-refractivity contribution is 7.10. The first-order valence-corrected chi connectivity index (χ1v) is 7.42. The molecule has 2 nitrogen and oxygen atoms in total. The maximum Gasteiger partial charge on any atom is 0.401 e. The van der Waals surface area contributed by atoms with Gasteiger partial charge in [-0.15, -0.1) is 11.3 Å². The van der Waals surface area contributed by atoms with Gasteiger partial charge in [0.1, 0.15) is 0 Å². The molecule has 0 aromatic carbocycles. The quantitative estimate of drug-likeness (QED) is 0.920. The van der Waals surface area contributed by atoms with Crippen LogP contribution in [0.4, 0.5) is 13.2 Å². The molecule has 6 heteroatoms. The van der Waals surface area contributed by atoms with Gasteiger partial charge < -0.3 is 5.32 Å². The van der Waals surface area contributed by atoms with Gasteiger partial charge in [-0.2, -0.15) is 13.2 Å². The molecule has 19 heavy (non-hydrogen) atoms. The van der Waals surface area contributed by atoms with Crippen LogP contribution in [-0.2, 0) is 13.0 Å². The molecule has 1 N–H and O–H groups in total. The lowest BCUT2D eigenvalue weighted by molar-refractivity contribution is -0.125. The van der Waals surface area contributed by atoms with Gasteiger partial charge in [-0.25, -0.2) is 0 Å². The van der Waals surface area contributed by atoms with Crippen molar-refractivity contribution in [1.29, 1.82) is 0 Å². The topological polar surface area (TPSA) is 15.3 Å². The summed E-state index contributed by atoms with van der Waals surface area (Å²) in [5.74, 6) is 0. The molecule has 1 aromatic heterocycles. The fraction of sp³-hybridized carbons (Fsp3) is 0.692. The van der Waals surface area contributed by atoms with Crippen molar-refractivity contribution in [1.82, 2.24) is 10.2 Å². The summed E-state index contributed by atoms with van der Waals surface area (Å²) in [6.07, 6.45) is -0.744. The van der Waals surface area contributed by atoms with Crippen molar-refractivity contribution >= 4 is 11.3 Å². The molecule has 0 spiro atoms. The van der Waals surface area contributed by atoms with Crippen LogP contribution in [0.5, 0.6) is 0 Å². The third kappa shape index (κ3) is 2.53. The Morgan fingerprint density at radius 2 is 2.21 bits per heavy atom. The summed E-state index contributed by atoms with van der Waals surface area (Å²) in [7, 11) is 2.16. The number of rotatable bonds is 3. The molecular formula is C13H17F3N2S. The first-order valence-electron chi connectivity index (χ1n) is 6.54. The van der Waals surface area contributed by atoms with E-state index in [1.807, 2.05) is 5.38 Å². The highest BCUT2D eigenvalue weighted by Crippen LogP contribution is 2.46. The van der Waals surface area contributed by atoms with E-state index in [1.54, 1.807) is 11.3 Å². The molecule has 1 fully saturated rings. The molecule has 0 aliphatic carbocycles. The van der Waals surface area contributed by atoms with Crippen molar-refractivity contribution < 1.29 is 13.2 Å². The minimum absolute atomic E-state index is 0.328. The van der Waals surface area contributed by atoms with E-state index in [0.29, 0.717) is 18.6 Å². The lowest BCUT2D eigenvalue weighted by Crippen LogP contribution is -2.34. The summed E-state index contributed by atoms with van der Waals surface area (Å²) in [6, 6.07) is 1.07. The van der Waals surface area contributed by atoms with Gasteiger partial charge in [0.2, 0.25) is 0 Å². The van der Waals surface area contributed by atoms with Crippen LogP contribution in [0, 0.1) is 0 Å². The Morgan fingerprint density at radius 3 is 2.95 bits per heavy atom. The Hall–Kier alpha value is -0.590. The van der Waals surface area contributed by atoms with E-state index in [2.05, 4.69) is 17.3 Å². The van der Waals surface area contributed by atoms with Gasteiger partial charge in [-0.05, 0) is 42.8 Å². The SMILES string of the molecule is CN1C2CCC1c1scc(CNCC(F)(F)F)c1C2. The lowest BCUT2D eigenvalue weighted by atomic mass is 9.98. The zero-order valence-corrected chi connectivity index (χ0v) is 11.6. The molecule has 2 bridgehead atoms. The third-order valence-electron chi connectivity index (χ3n) is 4.24. The smallest absolute Gasteiger partial charge is 0.305 e. The summed E-state index contributed by atoms with van der Waals surface area (Å²) in [5, 5.41) is 4.54. The number of hydrogen-bond donors (Lipinski definition) is 1. The summed E-state index contributed by atoms with van der Waals surface area (Å²) in [6.45, 7) is -0.584. The van der Waals surface area contributed by atoms with Crippen molar-refractivity contribution in [2.24, 2.45) is 0 Å². The van der Waals surface area contributed by atoms with Crippen LogP contribution < -0.4 is 5.32 Å². The van der Waals surface area contributed by atoms with Crippen LogP contribution in [0.1, 0.15) is 34.9 Å². The molecule has 3 heterocycles. The first kappa shape index (κ1) is 13.4. The number of alkyl halides is 3. The maximum absolute atomic E-state index is 12.1. The van der Waals surface area contributed by atoms with Gasteiger partial charge in [0.15, 0.2) is 0 Å². The van der Waals surface area contributed by atoms with Gasteiger partial charge in [0.05, 0.1) is 6.54 Å². The molecule has 3 rings (SSSR count). The zero-order valence-electron chi connectivity index (χ0n) is 10.8. The van der Waals surface area contributed by atoms with E-state index in [0.717, 1.165) is 12.0 Å². The highest BCUT2D eigenvalue weighted by atomic mass is 32.1. The van der Waals surface area contributed by atoms with Gasteiger partial charge in [-0.1, -0.05) is 0 Å². The van der Waals surface area contributed by atoms with E-state index < -0.39 is 12.7 Å². The number of fused-ring (bicyclic) bond motifs is 4. The van der Waals surface area contributed by atoms with Crippen LogP contribution in [-0.4, -0.2) is 30.7 Å². The second-order valence-electron chi connectivity index (χ2n) is 5.44. The number of halogens is 3. The van der Waals surface area contributed by atoms with Crippen molar-refractivity contribution in [2.45, 2.75) is 44.1 Å². The fourth-order valence-corrected chi connectivity index (χ4v) is 4.54. The van der Waals surface area contributed by atoms with Crippen LogP contribution in [0.2, 0.25) is 0 Å². The summed E-state index contributed by atoms with van der Waals surface area (Å²) in [5.41, 5.74) is 2.37. The number of nitrogens with zero attached hydrogens (tertiary/aromatic N) is 1. The molecule has 0 radical (unpaired) electrons. The van der Waals surface area contributed by atoms with E-state index in [4.69, 9.17) is 0 Å². The molecule has 0 saturated carbocycles. The Kier molecular flexibility index (Phi) is 3.35. The molecular weight excluding hydrogens is 273 g/mol. The van der Waals surface area contributed by atoms with Gasteiger partial charge in [0.25, 0.3) is 0 Å². The molecule has 2 aliphatic rings. The molecule has 2 atom stereocenters. The number of likely N-dealkylation sites (N-methyl/N-ethyl adjacent to an activating group) is 1. The minimum atomic E-state index is -4.13. The van der Waals surface area contributed by atoms with Crippen LogP contribution in [0.15, 0.2) is 5.38 Å². The molecule has 1 saturated heterocycles. The maximum atomic E-state index is 12.1. The second-order valence-corrected chi connectivity index (χ2v) is 6.35. The van der Waals surface area contributed by atoms with E-state index in [1.165, 1.54) is 23.3 Å². The largest absolute Gasteiger partial charge is 0.401 e. The van der Waals surface area contributed by atoms with Crippen molar-refractivity contribution in [3.63, 3.8) is 0 Å². The van der Waals surface area contributed by atoms with Gasteiger partial charge in [0, 0.05) is 23.5 Å². The Balaban J connectivity index is 1.71.